The van der Waals surface area contributed by atoms with Crippen LogP contribution in [-0.4, -0.2) is 35.5 Å². The molecule has 0 fully saturated rings. The third-order valence-electron chi connectivity index (χ3n) is 2.19. The zero-order chi connectivity index (χ0) is 13.6. The van der Waals surface area contributed by atoms with E-state index < -0.39 is 18.8 Å². The standard InChI is InChI=1S/C11H16F3N3O/c1-2-4-15-10-6-8(3-5-16-10)17-7-9(18)11(12,13)14/h3,5-6,9,18H,2,4,7H2,1H3,(H2,15,16,17). The highest BCUT2D eigenvalue weighted by molar-refractivity contribution is 5.51. The summed E-state index contributed by atoms with van der Waals surface area (Å²) in [5.74, 6) is 0.586. The average Bonchev–Trinajstić information content (AvgIpc) is 2.32. The molecular formula is C11H16F3N3O. The number of aromatic nitrogens is 1. The summed E-state index contributed by atoms with van der Waals surface area (Å²) in [4.78, 5) is 4.02. The normalized spacial score (nSPS) is 13.2. The Labute approximate surface area is 103 Å². The maximum atomic E-state index is 12.1. The van der Waals surface area contributed by atoms with Gasteiger partial charge in [-0.3, -0.25) is 0 Å². The summed E-state index contributed by atoms with van der Waals surface area (Å²) in [6.07, 6.45) is -4.58. The molecule has 0 aliphatic carbocycles. The molecule has 3 N–H and O–H groups in total. The number of aliphatic hydroxyl groups excluding tert-OH is 1. The Kier molecular flexibility index (Phi) is 5.21. The van der Waals surface area contributed by atoms with Crippen LogP contribution in [0.2, 0.25) is 0 Å². The monoisotopic (exact) mass is 263 g/mol. The number of rotatable bonds is 6. The third kappa shape index (κ3) is 4.79. The van der Waals surface area contributed by atoms with Gasteiger partial charge in [0.1, 0.15) is 5.82 Å². The van der Waals surface area contributed by atoms with Crippen LogP contribution < -0.4 is 10.6 Å². The summed E-state index contributed by atoms with van der Waals surface area (Å²) in [6.45, 7) is 2.15. The van der Waals surface area contributed by atoms with Crippen LogP contribution in [0.4, 0.5) is 24.7 Å². The van der Waals surface area contributed by atoms with Crippen LogP contribution in [-0.2, 0) is 0 Å². The van der Waals surface area contributed by atoms with E-state index in [1.54, 1.807) is 12.1 Å². The van der Waals surface area contributed by atoms with Crippen LogP contribution in [0.25, 0.3) is 0 Å². The molecule has 1 aromatic heterocycles. The van der Waals surface area contributed by atoms with Crippen molar-refractivity contribution in [3.05, 3.63) is 18.3 Å². The van der Waals surface area contributed by atoms with Crippen LogP contribution in [0.1, 0.15) is 13.3 Å². The van der Waals surface area contributed by atoms with E-state index in [1.807, 2.05) is 6.92 Å². The van der Waals surface area contributed by atoms with E-state index in [4.69, 9.17) is 5.11 Å². The molecule has 0 aliphatic heterocycles. The highest BCUT2D eigenvalue weighted by Gasteiger charge is 2.37. The fraction of sp³-hybridized carbons (Fsp3) is 0.545. The molecule has 0 bridgehead atoms. The van der Waals surface area contributed by atoms with E-state index in [1.165, 1.54) is 6.20 Å². The van der Waals surface area contributed by atoms with Gasteiger partial charge in [0.25, 0.3) is 0 Å². The predicted octanol–water partition coefficient (Wildman–Crippen LogP) is 2.24. The van der Waals surface area contributed by atoms with Crippen molar-refractivity contribution in [3.63, 3.8) is 0 Å². The van der Waals surface area contributed by atoms with Gasteiger partial charge in [0.15, 0.2) is 6.10 Å². The second-order valence-corrected chi connectivity index (χ2v) is 3.79. The molecule has 18 heavy (non-hydrogen) atoms. The van der Waals surface area contributed by atoms with Gasteiger partial charge in [-0.25, -0.2) is 4.98 Å². The Morgan fingerprint density at radius 1 is 1.39 bits per heavy atom. The molecule has 1 aromatic rings. The first-order valence-electron chi connectivity index (χ1n) is 5.62. The molecule has 1 rings (SSSR count). The van der Waals surface area contributed by atoms with Gasteiger partial charge in [0.2, 0.25) is 0 Å². The van der Waals surface area contributed by atoms with Crippen LogP contribution in [0.15, 0.2) is 18.3 Å². The van der Waals surface area contributed by atoms with Gasteiger partial charge >= 0.3 is 6.18 Å². The number of pyridine rings is 1. The molecule has 0 amide bonds. The highest BCUT2D eigenvalue weighted by Crippen LogP contribution is 2.20. The zero-order valence-corrected chi connectivity index (χ0v) is 9.96. The lowest BCUT2D eigenvalue weighted by atomic mass is 10.3. The van der Waals surface area contributed by atoms with Crippen LogP contribution in [0.3, 0.4) is 0 Å². The van der Waals surface area contributed by atoms with E-state index in [2.05, 4.69) is 15.6 Å². The number of halogens is 3. The van der Waals surface area contributed by atoms with Gasteiger partial charge < -0.3 is 15.7 Å². The first kappa shape index (κ1) is 14.6. The highest BCUT2D eigenvalue weighted by atomic mass is 19.4. The number of anilines is 2. The van der Waals surface area contributed by atoms with E-state index in [9.17, 15) is 13.2 Å². The number of hydrogen-bond donors (Lipinski definition) is 3. The van der Waals surface area contributed by atoms with E-state index in [0.717, 1.165) is 13.0 Å². The molecular weight excluding hydrogens is 247 g/mol. The van der Waals surface area contributed by atoms with Gasteiger partial charge in [-0.1, -0.05) is 6.92 Å². The van der Waals surface area contributed by atoms with Crippen molar-refractivity contribution in [1.29, 1.82) is 0 Å². The second kappa shape index (κ2) is 6.44. The molecule has 0 saturated heterocycles. The third-order valence-corrected chi connectivity index (χ3v) is 2.19. The smallest absolute Gasteiger partial charge is 0.382 e. The molecule has 0 spiro atoms. The summed E-state index contributed by atoms with van der Waals surface area (Å²) in [6, 6.07) is 3.14. The maximum Gasteiger partial charge on any atom is 0.416 e. The van der Waals surface area contributed by atoms with Gasteiger partial charge in [-0.15, -0.1) is 0 Å². The minimum atomic E-state index is -4.61. The Bertz CT molecular complexity index is 371. The first-order chi connectivity index (χ1) is 8.43. The minimum absolute atomic E-state index is 0.479. The lowest BCUT2D eigenvalue weighted by molar-refractivity contribution is -0.198. The maximum absolute atomic E-state index is 12.1. The van der Waals surface area contributed by atoms with Crippen molar-refractivity contribution < 1.29 is 18.3 Å². The lowest BCUT2D eigenvalue weighted by Gasteiger charge is -2.16. The van der Waals surface area contributed by atoms with Crippen molar-refractivity contribution in [1.82, 2.24) is 4.98 Å². The van der Waals surface area contributed by atoms with Gasteiger partial charge in [0, 0.05) is 31.0 Å². The van der Waals surface area contributed by atoms with E-state index in [-0.39, 0.29) is 0 Å². The Balaban J connectivity index is 2.52. The lowest BCUT2D eigenvalue weighted by Crippen LogP contribution is -2.35. The van der Waals surface area contributed by atoms with Crippen LogP contribution in [0.5, 0.6) is 0 Å². The number of aliphatic hydroxyl groups is 1. The van der Waals surface area contributed by atoms with Crippen LogP contribution in [0, 0.1) is 0 Å². The molecule has 0 saturated carbocycles. The van der Waals surface area contributed by atoms with Crippen molar-refractivity contribution in [2.75, 3.05) is 23.7 Å². The van der Waals surface area contributed by atoms with Gasteiger partial charge in [0.05, 0.1) is 0 Å². The summed E-state index contributed by atoms with van der Waals surface area (Å²) in [5.41, 5.74) is 0.479. The summed E-state index contributed by atoms with van der Waals surface area (Å²) >= 11 is 0. The Morgan fingerprint density at radius 3 is 2.72 bits per heavy atom. The minimum Gasteiger partial charge on any atom is -0.382 e. The summed E-state index contributed by atoms with van der Waals surface area (Å²) < 4.78 is 36.2. The summed E-state index contributed by atoms with van der Waals surface area (Å²) in [5, 5.41) is 14.4. The molecule has 0 aliphatic rings. The molecule has 1 heterocycles. The van der Waals surface area contributed by atoms with Crippen LogP contribution >= 0.6 is 0 Å². The van der Waals surface area contributed by atoms with Gasteiger partial charge in [-0.2, -0.15) is 13.2 Å². The SMILES string of the molecule is CCCNc1cc(NCC(O)C(F)(F)F)ccn1. The van der Waals surface area contributed by atoms with Crippen molar-refractivity contribution >= 4 is 11.5 Å². The number of alkyl halides is 3. The quantitative estimate of drug-likeness (QED) is 0.736. The molecule has 102 valence electrons. The number of nitrogens with zero attached hydrogens (tertiary/aromatic N) is 1. The Morgan fingerprint density at radius 2 is 2.11 bits per heavy atom. The fourth-order valence-electron chi connectivity index (χ4n) is 1.22. The molecule has 1 unspecified atom stereocenters. The van der Waals surface area contributed by atoms with E-state index >= 15 is 0 Å². The topological polar surface area (TPSA) is 57.2 Å². The predicted molar refractivity (Wildman–Crippen MR) is 63.6 cm³/mol. The van der Waals surface area contributed by atoms with Gasteiger partial charge in [-0.05, 0) is 12.5 Å². The Hall–Kier alpha value is -1.50. The number of hydrogen-bond acceptors (Lipinski definition) is 4. The second-order valence-electron chi connectivity index (χ2n) is 3.79. The average molecular weight is 263 g/mol. The first-order valence-corrected chi connectivity index (χ1v) is 5.62. The van der Waals surface area contributed by atoms with Crippen molar-refractivity contribution in [2.24, 2.45) is 0 Å². The van der Waals surface area contributed by atoms with Crippen molar-refractivity contribution in [3.8, 4) is 0 Å². The zero-order valence-electron chi connectivity index (χ0n) is 9.96. The summed E-state index contributed by atoms with van der Waals surface area (Å²) in [7, 11) is 0. The molecule has 0 radical (unpaired) electrons. The molecule has 1 atom stereocenters. The van der Waals surface area contributed by atoms with Crippen molar-refractivity contribution in [2.45, 2.75) is 25.6 Å². The molecule has 7 heteroatoms. The molecule has 4 nitrogen and oxygen atoms in total. The van der Waals surface area contributed by atoms with E-state index in [0.29, 0.717) is 11.5 Å². The fourth-order valence-corrected chi connectivity index (χ4v) is 1.22. The molecule has 0 aromatic carbocycles. The number of nitrogens with one attached hydrogen (secondary N) is 2. The largest absolute Gasteiger partial charge is 0.416 e.